The van der Waals surface area contributed by atoms with Crippen molar-refractivity contribution in [2.24, 2.45) is 0 Å². The number of pyridine rings is 1. The van der Waals surface area contributed by atoms with Gasteiger partial charge in [-0.1, -0.05) is 38.1 Å². The molecule has 0 saturated carbocycles. The van der Waals surface area contributed by atoms with Gasteiger partial charge in [-0.15, -0.1) is 0 Å². The number of anilines is 2. The first-order valence-corrected chi connectivity index (χ1v) is 8.41. The second kappa shape index (κ2) is 6.22. The summed E-state index contributed by atoms with van der Waals surface area (Å²) >= 11 is 0. The van der Waals surface area contributed by atoms with Crippen LogP contribution in [0.4, 0.5) is 11.6 Å². The molecule has 0 aliphatic rings. The summed E-state index contributed by atoms with van der Waals surface area (Å²) in [4.78, 5) is 13.1. The third-order valence-electron chi connectivity index (χ3n) is 4.09. The van der Waals surface area contributed by atoms with Crippen LogP contribution in [0.25, 0.3) is 22.2 Å². The molecular formula is C20H19N5O. The van der Waals surface area contributed by atoms with E-state index >= 15 is 0 Å². The Kier molecular flexibility index (Phi) is 3.88. The van der Waals surface area contributed by atoms with E-state index in [0.717, 1.165) is 27.9 Å². The molecule has 6 nitrogen and oxygen atoms in total. The molecule has 0 amide bonds. The first-order chi connectivity index (χ1) is 12.5. The van der Waals surface area contributed by atoms with Gasteiger partial charge in [0.25, 0.3) is 0 Å². The topological polar surface area (TPSA) is 76.7 Å². The van der Waals surface area contributed by atoms with Gasteiger partial charge in [-0.25, -0.2) is 9.97 Å². The number of nitrogens with one attached hydrogen (secondary N) is 1. The van der Waals surface area contributed by atoms with Crippen molar-refractivity contribution in [3.63, 3.8) is 0 Å². The maximum Gasteiger partial charge on any atom is 0.175 e. The quantitative estimate of drug-likeness (QED) is 0.579. The van der Waals surface area contributed by atoms with E-state index in [1.807, 2.05) is 42.5 Å². The molecule has 0 atom stereocenters. The monoisotopic (exact) mass is 345 g/mol. The number of aromatic nitrogens is 4. The van der Waals surface area contributed by atoms with Gasteiger partial charge in [0.05, 0.1) is 11.2 Å². The van der Waals surface area contributed by atoms with Crippen LogP contribution in [0.3, 0.4) is 0 Å². The molecule has 130 valence electrons. The van der Waals surface area contributed by atoms with E-state index in [1.165, 1.54) is 6.33 Å². The number of benzene rings is 1. The van der Waals surface area contributed by atoms with Gasteiger partial charge in [0.15, 0.2) is 5.82 Å². The Morgan fingerprint density at radius 1 is 0.962 bits per heavy atom. The molecule has 0 radical (unpaired) electrons. The summed E-state index contributed by atoms with van der Waals surface area (Å²) in [6.45, 7) is 6.24. The Labute approximate surface area is 151 Å². The minimum atomic E-state index is -0.0990. The molecule has 0 saturated heterocycles. The van der Waals surface area contributed by atoms with Gasteiger partial charge in [0.1, 0.15) is 17.9 Å². The minimum Gasteiger partial charge on any atom is -0.359 e. The maximum absolute atomic E-state index is 5.43. The van der Waals surface area contributed by atoms with Crippen LogP contribution in [0.15, 0.2) is 59.5 Å². The molecule has 1 N–H and O–H groups in total. The summed E-state index contributed by atoms with van der Waals surface area (Å²) in [5.41, 5.74) is 2.66. The van der Waals surface area contributed by atoms with E-state index in [4.69, 9.17) is 4.52 Å². The Bertz CT molecular complexity index is 1050. The van der Waals surface area contributed by atoms with Crippen molar-refractivity contribution in [2.75, 3.05) is 5.32 Å². The van der Waals surface area contributed by atoms with Crippen LogP contribution in [0.1, 0.15) is 26.5 Å². The van der Waals surface area contributed by atoms with Crippen LogP contribution in [-0.4, -0.2) is 20.1 Å². The van der Waals surface area contributed by atoms with Crippen molar-refractivity contribution >= 4 is 22.5 Å². The maximum atomic E-state index is 5.43. The fourth-order valence-electron chi connectivity index (χ4n) is 2.66. The van der Waals surface area contributed by atoms with Gasteiger partial charge >= 0.3 is 0 Å². The van der Waals surface area contributed by atoms with Crippen LogP contribution >= 0.6 is 0 Å². The van der Waals surface area contributed by atoms with Crippen molar-refractivity contribution in [3.05, 3.63) is 60.7 Å². The Morgan fingerprint density at radius 3 is 2.58 bits per heavy atom. The van der Waals surface area contributed by atoms with Crippen LogP contribution in [0.5, 0.6) is 0 Å². The zero-order valence-corrected chi connectivity index (χ0v) is 14.9. The SMILES string of the molecule is CC(C)(C)c1cc(Nc2ncnc3cc(-c4ccccn4)ccc23)no1. The highest BCUT2D eigenvalue weighted by Crippen LogP contribution is 2.29. The largest absolute Gasteiger partial charge is 0.359 e. The molecule has 4 aromatic rings. The molecule has 4 rings (SSSR count). The van der Waals surface area contributed by atoms with Gasteiger partial charge in [-0.05, 0) is 24.3 Å². The molecular weight excluding hydrogens is 326 g/mol. The standard InChI is InChI=1S/C20H19N5O/c1-20(2,3)17-11-18(25-26-17)24-19-14-8-7-13(10-16(14)22-12-23-19)15-6-4-5-9-21-15/h4-12H,1-3H3,(H,22,23,24,25). The second-order valence-electron chi connectivity index (χ2n) is 7.12. The molecule has 0 unspecified atom stereocenters. The van der Waals surface area contributed by atoms with Crippen LogP contribution < -0.4 is 5.32 Å². The molecule has 0 spiro atoms. The van der Waals surface area contributed by atoms with Gasteiger partial charge in [-0.2, -0.15) is 0 Å². The molecule has 0 bridgehead atoms. The summed E-state index contributed by atoms with van der Waals surface area (Å²) in [6, 6.07) is 13.8. The fourth-order valence-corrected chi connectivity index (χ4v) is 2.66. The summed E-state index contributed by atoms with van der Waals surface area (Å²) in [7, 11) is 0. The zero-order chi connectivity index (χ0) is 18.1. The van der Waals surface area contributed by atoms with Gasteiger partial charge in [0, 0.05) is 28.6 Å². The van der Waals surface area contributed by atoms with Gasteiger partial charge < -0.3 is 9.84 Å². The predicted octanol–water partition coefficient (Wildman–Crippen LogP) is 4.72. The van der Waals surface area contributed by atoms with Crippen molar-refractivity contribution in [3.8, 4) is 11.3 Å². The van der Waals surface area contributed by atoms with E-state index in [2.05, 4.69) is 46.2 Å². The zero-order valence-electron chi connectivity index (χ0n) is 14.9. The van der Waals surface area contributed by atoms with Crippen LogP contribution in [0.2, 0.25) is 0 Å². The smallest absolute Gasteiger partial charge is 0.175 e. The molecule has 0 fully saturated rings. The third-order valence-corrected chi connectivity index (χ3v) is 4.09. The van der Waals surface area contributed by atoms with Crippen molar-refractivity contribution in [2.45, 2.75) is 26.2 Å². The number of rotatable bonds is 3. The molecule has 3 aromatic heterocycles. The van der Waals surface area contributed by atoms with Gasteiger partial charge in [0.2, 0.25) is 0 Å². The first-order valence-electron chi connectivity index (χ1n) is 8.41. The normalized spacial score (nSPS) is 11.7. The highest BCUT2D eigenvalue weighted by Gasteiger charge is 2.20. The Hall–Kier alpha value is -3.28. The molecule has 3 heterocycles. The fraction of sp³-hybridized carbons (Fsp3) is 0.200. The highest BCUT2D eigenvalue weighted by molar-refractivity contribution is 5.92. The van der Waals surface area contributed by atoms with E-state index in [-0.39, 0.29) is 5.41 Å². The Morgan fingerprint density at radius 2 is 1.85 bits per heavy atom. The average Bonchev–Trinajstić information content (AvgIpc) is 3.11. The summed E-state index contributed by atoms with van der Waals surface area (Å²) < 4.78 is 5.43. The molecule has 6 heteroatoms. The summed E-state index contributed by atoms with van der Waals surface area (Å²) in [5.74, 6) is 2.14. The van der Waals surface area contributed by atoms with Crippen LogP contribution in [-0.2, 0) is 5.41 Å². The van der Waals surface area contributed by atoms with E-state index in [0.29, 0.717) is 11.6 Å². The Balaban J connectivity index is 1.69. The number of fused-ring (bicyclic) bond motifs is 1. The third kappa shape index (κ3) is 3.13. The lowest BCUT2D eigenvalue weighted by Crippen LogP contribution is -2.09. The minimum absolute atomic E-state index is 0.0990. The highest BCUT2D eigenvalue weighted by atomic mass is 16.5. The number of hydrogen-bond acceptors (Lipinski definition) is 6. The summed E-state index contributed by atoms with van der Waals surface area (Å²) in [6.07, 6.45) is 3.32. The van der Waals surface area contributed by atoms with E-state index in [1.54, 1.807) is 6.20 Å². The lowest BCUT2D eigenvalue weighted by atomic mass is 9.93. The van der Waals surface area contributed by atoms with E-state index in [9.17, 15) is 0 Å². The number of nitrogens with zero attached hydrogens (tertiary/aromatic N) is 4. The van der Waals surface area contributed by atoms with Crippen molar-refractivity contribution < 1.29 is 4.52 Å². The van der Waals surface area contributed by atoms with Crippen LogP contribution in [0, 0.1) is 0 Å². The molecule has 26 heavy (non-hydrogen) atoms. The first kappa shape index (κ1) is 16.2. The number of hydrogen-bond donors (Lipinski definition) is 1. The average molecular weight is 345 g/mol. The summed E-state index contributed by atoms with van der Waals surface area (Å²) in [5, 5.41) is 8.23. The molecule has 0 aliphatic heterocycles. The van der Waals surface area contributed by atoms with Gasteiger partial charge in [-0.3, -0.25) is 4.98 Å². The lowest BCUT2D eigenvalue weighted by Gasteiger charge is -2.12. The molecule has 0 aliphatic carbocycles. The van der Waals surface area contributed by atoms with E-state index < -0.39 is 0 Å². The van der Waals surface area contributed by atoms with Crippen molar-refractivity contribution in [1.82, 2.24) is 20.1 Å². The lowest BCUT2D eigenvalue weighted by molar-refractivity contribution is 0.331. The predicted molar refractivity (Wildman–Crippen MR) is 101 cm³/mol. The van der Waals surface area contributed by atoms with Crippen molar-refractivity contribution in [1.29, 1.82) is 0 Å². The molecule has 1 aromatic carbocycles. The second-order valence-corrected chi connectivity index (χ2v) is 7.12.